The number of amides is 1. The molecular formula is C29H37N5O. The molecule has 1 aliphatic carbocycles. The van der Waals surface area contributed by atoms with E-state index in [1.54, 1.807) is 0 Å². The first kappa shape index (κ1) is 22.6. The van der Waals surface area contributed by atoms with Crippen molar-refractivity contribution in [2.45, 2.75) is 51.5 Å². The predicted molar refractivity (Wildman–Crippen MR) is 141 cm³/mol. The van der Waals surface area contributed by atoms with Crippen molar-refractivity contribution in [3.05, 3.63) is 54.4 Å². The minimum atomic E-state index is 0.306. The minimum absolute atomic E-state index is 0.306. The maximum absolute atomic E-state index is 12.4. The van der Waals surface area contributed by atoms with Gasteiger partial charge < -0.3 is 14.7 Å². The second-order valence-electron chi connectivity index (χ2n) is 10.9. The topological polar surface area (TPSA) is 44.1 Å². The van der Waals surface area contributed by atoms with Gasteiger partial charge in [-0.05, 0) is 75.3 Å². The summed E-state index contributed by atoms with van der Waals surface area (Å²) in [6.07, 6.45) is 8.75. The second kappa shape index (κ2) is 9.30. The number of hydrogen-bond acceptors (Lipinski definition) is 4. The van der Waals surface area contributed by atoms with Gasteiger partial charge in [0.1, 0.15) is 0 Å². The molecule has 0 spiro atoms. The highest BCUT2D eigenvalue weighted by molar-refractivity contribution is 5.82. The smallest absolute Gasteiger partial charge is 0.225 e. The number of piperazine rings is 1. The van der Waals surface area contributed by atoms with E-state index in [1.165, 1.54) is 48.3 Å². The van der Waals surface area contributed by atoms with E-state index >= 15 is 0 Å². The van der Waals surface area contributed by atoms with Crippen LogP contribution in [0.25, 0.3) is 16.6 Å². The van der Waals surface area contributed by atoms with Gasteiger partial charge in [-0.3, -0.25) is 4.79 Å². The van der Waals surface area contributed by atoms with E-state index in [-0.39, 0.29) is 0 Å². The number of piperidine rings is 1. The number of nitrogens with zero attached hydrogens (tertiary/aromatic N) is 5. The summed E-state index contributed by atoms with van der Waals surface area (Å²) in [5.41, 5.74) is 6.24. The van der Waals surface area contributed by atoms with Crippen LogP contribution in [0.15, 0.2) is 48.8 Å². The van der Waals surface area contributed by atoms with Crippen LogP contribution in [0.2, 0.25) is 0 Å². The fourth-order valence-corrected chi connectivity index (χ4v) is 5.88. The molecule has 2 aromatic heterocycles. The maximum atomic E-state index is 12.4. The zero-order valence-corrected chi connectivity index (χ0v) is 21.1. The molecule has 35 heavy (non-hydrogen) atoms. The molecule has 3 aliphatic rings. The van der Waals surface area contributed by atoms with Gasteiger partial charge in [-0.25, -0.2) is 4.52 Å². The predicted octanol–water partition coefficient (Wildman–Crippen LogP) is 4.65. The van der Waals surface area contributed by atoms with E-state index in [1.807, 2.05) is 10.7 Å². The fraction of sp³-hybridized carbons (Fsp3) is 0.517. The number of carbonyl (C=O) groups is 1. The molecule has 0 unspecified atom stereocenters. The van der Waals surface area contributed by atoms with Crippen molar-refractivity contribution >= 4 is 17.1 Å². The zero-order valence-electron chi connectivity index (χ0n) is 21.1. The van der Waals surface area contributed by atoms with Gasteiger partial charge >= 0.3 is 0 Å². The molecule has 2 aliphatic heterocycles. The van der Waals surface area contributed by atoms with Crippen LogP contribution in [0.5, 0.6) is 0 Å². The third-order valence-electron chi connectivity index (χ3n) is 8.24. The molecule has 2 saturated heterocycles. The summed E-state index contributed by atoms with van der Waals surface area (Å²) < 4.78 is 2.00. The molecule has 1 atom stereocenters. The van der Waals surface area contributed by atoms with Crippen molar-refractivity contribution in [3.63, 3.8) is 0 Å². The van der Waals surface area contributed by atoms with E-state index in [2.05, 4.69) is 76.2 Å². The van der Waals surface area contributed by atoms with Crippen LogP contribution in [-0.4, -0.2) is 70.6 Å². The van der Waals surface area contributed by atoms with Gasteiger partial charge in [0.05, 0.1) is 11.2 Å². The molecule has 6 heteroatoms. The highest BCUT2D eigenvalue weighted by Gasteiger charge is 2.34. The molecule has 4 heterocycles. The lowest BCUT2D eigenvalue weighted by molar-refractivity contribution is -0.132. The Morgan fingerprint density at radius 1 is 0.943 bits per heavy atom. The van der Waals surface area contributed by atoms with Crippen molar-refractivity contribution in [2.24, 2.45) is 5.92 Å². The van der Waals surface area contributed by atoms with Gasteiger partial charge in [-0.15, -0.1) is 0 Å². The summed E-state index contributed by atoms with van der Waals surface area (Å²) in [6.45, 7) is 10.4. The zero-order chi connectivity index (χ0) is 23.9. The Morgan fingerprint density at radius 2 is 1.71 bits per heavy atom. The summed E-state index contributed by atoms with van der Waals surface area (Å²) in [4.78, 5) is 19.5. The highest BCUT2D eigenvalue weighted by Crippen LogP contribution is 2.33. The number of benzene rings is 1. The lowest BCUT2D eigenvalue weighted by Crippen LogP contribution is -2.49. The second-order valence-corrected chi connectivity index (χ2v) is 10.9. The van der Waals surface area contributed by atoms with Crippen LogP contribution >= 0.6 is 0 Å². The molecule has 0 N–H and O–H groups in total. The van der Waals surface area contributed by atoms with Gasteiger partial charge in [-0.2, -0.15) is 5.10 Å². The van der Waals surface area contributed by atoms with Crippen LogP contribution in [0.3, 0.4) is 0 Å². The molecule has 0 radical (unpaired) electrons. The van der Waals surface area contributed by atoms with E-state index in [0.29, 0.717) is 23.8 Å². The van der Waals surface area contributed by atoms with Crippen molar-refractivity contribution in [1.82, 2.24) is 19.4 Å². The third-order valence-corrected chi connectivity index (χ3v) is 8.24. The molecule has 1 amide bonds. The SMILES string of the molecule is CC(C)N1CCC[C@@H](c2ccc(-c3cc4c(N5CCN(C(=O)C6CC6)CC5)ccnn4c3)cc2)C1. The standard InChI is InChI=1S/C29H37N5O/c1-21(2)33-13-3-4-25(19-33)22-5-7-23(8-6-22)26-18-28-27(11-12-30-34(28)20-26)31-14-16-32(17-15-31)29(35)24-9-10-24/h5-8,11-12,18,20-21,24-25H,3-4,9-10,13-17,19H2,1-2H3/t25-/m1/s1. The van der Waals surface area contributed by atoms with Crippen LogP contribution in [0, 0.1) is 5.92 Å². The molecule has 3 aromatic rings. The first-order valence-corrected chi connectivity index (χ1v) is 13.4. The first-order valence-electron chi connectivity index (χ1n) is 13.4. The number of carbonyl (C=O) groups excluding carboxylic acids is 1. The molecule has 184 valence electrons. The van der Waals surface area contributed by atoms with Gasteiger partial charge in [0.25, 0.3) is 0 Å². The average Bonchev–Trinajstić information content (AvgIpc) is 3.66. The van der Waals surface area contributed by atoms with Crippen LogP contribution in [0.1, 0.15) is 51.0 Å². The Labute approximate surface area is 208 Å². The largest absolute Gasteiger partial charge is 0.366 e. The lowest BCUT2D eigenvalue weighted by atomic mass is 9.89. The summed E-state index contributed by atoms with van der Waals surface area (Å²) in [7, 11) is 0. The minimum Gasteiger partial charge on any atom is -0.366 e. The van der Waals surface area contributed by atoms with Crippen molar-refractivity contribution < 1.29 is 4.79 Å². The molecule has 3 fully saturated rings. The molecular weight excluding hydrogens is 434 g/mol. The number of rotatable bonds is 5. The van der Waals surface area contributed by atoms with Crippen molar-refractivity contribution in [2.75, 3.05) is 44.2 Å². The molecule has 1 saturated carbocycles. The summed E-state index contributed by atoms with van der Waals surface area (Å²) in [5.74, 6) is 1.30. The van der Waals surface area contributed by atoms with E-state index in [9.17, 15) is 4.79 Å². The van der Waals surface area contributed by atoms with Crippen LogP contribution < -0.4 is 4.90 Å². The summed E-state index contributed by atoms with van der Waals surface area (Å²) >= 11 is 0. The van der Waals surface area contributed by atoms with Gasteiger partial charge in [-0.1, -0.05) is 24.3 Å². The molecule has 1 aromatic carbocycles. The molecule has 0 bridgehead atoms. The number of likely N-dealkylation sites (tertiary alicyclic amines) is 1. The number of hydrogen-bond donors (Lipinski definition) is 0. The first-order chi connectivity index (χ1) is 17.1. The van der Waals surface area contributed by atoms with Gasteiger partial charge in [0.2, 0.25) is 5.91 Å². The van der Waals surface area contributed by atoms with Crippen molar-refractivity contribution in [1.29, 1.82) is 0 Å². The van der Waals surface area contributed by atoms with Crippen LogP contribution in [0.4, 0.5) is 5.69 Å². The Bertz CT molecular complexity index is 1190. The Hall–Kier alpha value is -2.86. The monoisotopic (exact) mass is 471 g/mol. The maximum Gasteiger partial charge on any atom is 0.225 e. The van der Waals surface area contributed by atoms with Crippen LogP contribution in [-0.2, 0) is 4.79 Å². The lowest BCUT2D eigenvalue weighted by Gasteiger charge is -2.36. The number of anilines is 1. The normalized spacial score (nSPS) is 21.7. The average molecular weight is 472 g/mol. The molecule has 6 nitrogen and oxygen atoms in total. The van der Waals surface area contributed by atoms with Gasteiger partial charge in [0, 0.05) is 62.6 Å². The Balaban J connectivity index is 1.18. The Morgan fingerprint density at radius 3 is 2.43 bits per heavy atom. The number of fused-ring (bicyclic) bond motifs is 1. The third kappa shape index (κ3) is 4.56. The summed E-state index contributed by atoms with van der Waals surface area (Å²) in [6, 6.07) is 14.2. The Kier molecular flexibility index (Phi) is 6.01. The van der Waals surface area contributed by atoms with E-state index in [0.717, 1.165) is 44.5 Å². The summed E-state index contributed by atoms with van der Waals surface area (Å²) in [5, 5.41) is 4.59. The van der Waals surface area contributed by atoms with E-state index in [4.69, 9.17) is 0 Å². The van der Waals surface area contributed by atoms with Crippen molar-refractivity contribution in [3.8, 4) is 11.1 Å². The van der Waals surface area contributed by atoms with E-state index < -0.39 is 0 Å². The molecule has 6 rings (SSSR count). The van der Waals surface area contributed by atoms with Gasteiger partial charge in [0.15, 0.2) is 0 Å². The number of aromatic nitrogens is 2. The quantitative estimate of drug-likeness (QED) is 0.544. The fourth-order valence-electron chi connectivity index (χ4n) is 5.88. The highest BCUT2D eigenvalue weighted by atomic mass is 16.2.